The predicted octanol–water partition coefficient (Wildman–Crippen LogP) is 5.56. The lowest BCUT2D eigenvalue weighted by Crippen LogP contribution is -2.02. The van der Waals surface area contributed by atoms with E-state index in [1.54, 1.807) is 0 Å². The Morgan fingerprint density at radius 2 is 1.50 bits per heavy atom. The van der Waals surface area contributed by atoms with Gasteiger partial charge in [-0.15, -0.1) is 0 Å². The highest BCUT2D eigenvalue weighted by Crippen LogP contribution is 2.31. The second-order valence-corrected chi connectivity index (χ2v) is 6.48. The van der Waals surface area contributed by atoms with E-state index in [-0.39, 0.29) is 0 Å². The Kier molecular flexibility index (Phi) is 5.35. The van der Waals surface area contributed by atoms with Crippen LogP contribution in [0.1, 0.15) is 29.0 Å². The van der Waals surface area contributed by atoms with Crippen molar-refractivity contribution in [2.24, 2.45) is 0 Å². The standard InChI is InChI=1S/C21H21F2NO2/c1-13-7-16(17-10-18(22)12-19(23)11-17)8-14(2)21(13)25-6-4-5-20-9-15(3)24-26-20/h7-12H,4-6H2,1-3H3. The first kappa shape index (κ1) is 18.1. The predicted molar refractivity (Wildman–Crippen MR) is 96.3 cm³/mol. The maximum absolute atomic E-state index is 13.5. The molecular formula is C21H21F2NO2. The zero-order valence-electron chi connectivity index (χ0n) is 15.1. The van der Waals surface area contributed by atoms with Gasteiger partial charge in [0.25, 0.3) is 0 Å². The highest BCUT2D eigenvalue weighted by Gasteiger charge is 2.10. The summed E-state index contributed by atoms with van der Waals surface area (Å²) in [5.41, 5.74) is 4.01. The number of aromatic nitrogens is 1. The van der Waals surface area contributed by atoms with Crippen molar-refractivity contribution in [1.82, 2.24) is 5.16 Å². The highest BCUT2D eigenvalue weighted by atomic mass is 19.1. The summed E-state index contributed by atoms with van der Waals surface area (Å²) in [6, 6.07) is 9.22. The van der Waals surface area contributed by atoms with E-state index in [1.807, 2.05) is 39.0 Å². The number of halogens is 2. The molecule has 3 rings (SSSR count). The molecule has 0 N–H and O–H groups in total. The van der Waals surface area contributed by atoms with E-state index in [2.05, 4.69) is 5.16 Å². The van der Waals surface area contributed by atoms with E-state index in [0.29, 0.717) is 12.2 Å². The fourth-order valence-corrected chi connectivity index (χ4v) is 3.02. The van der Waals surface area contributed by atoms with Crippen LogP contribution in [0.25, 0.3) is 11.1 Å². The van der Waals surface area contributed by atoms with Crippen LogP contribution in [0.2, 0.25) is 0 Å². The van der Waals surface area contributed by atoms with Crippen molar-refractivity contribution >= 4 is 0 Å². The SMILES string of the molecule is Cc1cc(CCCOc2c(C)cc(-c3cc(F)cc(F)c3)cc2C)on1. The van der Waals surface area contributed by atoms with E-state index in [0.717, 1.165) is 52.8 Å². The van der Waals surface area contributed by atoms with Gasteiger partial charge in [-0.05, 0) is 73.7 Å². The van der Waals surface area contributed by atoms with Crippen LogP contribution in [0.5, 0.6) is 5.75 Å². The van der Waals surface area contributed by atoms with Crippen molar-refractivity contribution in [3.05, 3.63) is 70.6 Å². The van der Waals surface area contributed by atoms with Crippen LogP contribution in [0.4, 0.5) is 8.78 Å². The number of benzene rings is 2. The molecule has 0 aliphatic heterocycles. The second kappa shape index (κ2) is 7.68. The summed E-state index contributed by atoms with van der Waals surface area (Å²) in [5, 5.41) is 3.86. The minimum Gasteiger partial charge on any atom is -0.493 e. The molecule has 0 spiro atoms. The Bertz CT molecular complexity index is 875. The van der Waals surface area contributed by atoms with E-state index in [1.165, 1.54) is 12.1 Å². The normalized spacial score (nSPS) is 11.0. The molecule has 3 aromatic rings. The van der Waals surface area contributed by atoms with Gasteiger partial charge in [0.1, 0.15) is 23.1 Å². The molecule has 3 nitrogen and oxygen atoms in total. The van der Waals surface area contributed by atoms with Crippen LogP contribution in [-0.2, 0) is 6.42 Å². The summed E-state index contributed by atoms with van der Waals surface area (Å²) < 4.78 is 38.0. The van der Waals surface area contributed by atoms with Crippen LogP contribution >= 0.6 is 0 Å². The van der Waals surface area contributed by atoms with Gasteiger partial charge < -0.3 is 9.26 Å². The fraction of sp³-hybridized carbons (Fsp3) is 0.286. The molecule has 0 amide bonds. The minimum absolute atomic E-state index is 0.515. The van der Waals surface area contributed by atoms with Gasteiger partial charge in [-0.25, -0.2) is 8.78 Å². The third-order valence-corrected chi connectivity index (χ3v) is 4.15. The van der Waals surface area contributed by atoms with Gasteiger partial charge in [-0.3, -0.25) is 0 Å². The molecule has 26 heavy (non-hydrogen) atoms. The smallest absolute Gasteiger partial charge is 0.137 e. The minimum atomic E-state index is -0.585. The van der Waals surface area contributed by atoms with Crippen molar-refractivity contribution in [3.8, 4) is 16.9 Å². The van der Waals surface area contributed by atoms with Crippen LogP contribution in [0, 0.1) is 32.4 Å². The molecule has 0 saturated carbocycles. The lowest BCUT2D eigenvalue weighted by atomic mass is 9.99. The summed E-state index contributed by atoms with van der Waals surface area (Å²) in [7, 11) is 0. The molecule has 1 aromatic heterocycles. The first-order valence-electron chi connectivity index (χ1n) is 8.55. The molecule has 0 aliphatic carbocycles. The van der Waals surface area contributed by atoms with Gasteiger partial charge in [0.15, 0.2) is 0 Å². The average molecular weight is 357 g/mol. The third kappa shape index (κ3) is 4.28. The third-order valence-electron chi connectivity index (χ3n) is 4.15. The van der Waals surface area contributed by atoms with Crippen molar-refractivity contribution in [3.63, 3.8) is 0 Å². The number of hydrogen-bond donors (Lipinski definition) is 0. The summed E-state index contributed by atoms with van der Waals surface area (Å²) in [6.45, 7) is 6.31. The first-order valence-corrected chi connectivity index (χ1v) is 8.55. The number of nitrogens with zero attached hydrogens (tertiary/aromatic N) is 1. The van der Waals surface area contributed by atoms with Crippen molar-refractivity contribution in [2.45, 2.75) is 33.6 Å². The van der Waals surface area contributed by atoms with E-state index >= 15 is 0 Å². The monoisotopic (exact) mass is 357 g/mol. The highest BCUT2D eigenvalue weighted by molar-refractivity contribution is 5.67. The Labute approximate surface area is 151 Å². The number of hydrogen-bond acceptors (Lipinski definition) is 3. The molecule has 1 heterocycles. The molecule has 5 heteroatoms. The van der Waals surface area contributed by atoms with Gasteiger partial charge in [0.2, 0.25) is 0 Å². The Hall–Kier alpha value is -2.69. The van der Waals surface area contributed by atoms with Crippen LogP contribution in [-0.4, -0.2) is 11.8 Å². The van der Waals surface area contributed by atoms with Crippen molar-refractivity contribution in [1.29, 1.82) is 0 Å². The van der Waals surface area contributed by atoms with Gasteiger partial charge >= 0.3 is 0 Å². The average Bonchev–Trinajstić information content (AvgIpc) is 2.97. The van der Waals surface area contributed by atoms with E-state index in [4.69, 9.17) is 9.26 Å². The molecule has 0 bridgehead atoms. The van der Waals surface area contributed by atoms with E-state index < -0.39 is 11.6 Å². The Morgan fingerprint density at radius 1 is 0.885 bits per heavy atom. The molecule has 136 valence electrons. The van der Waals surface area contributed by atoms with Crippen LogP contribution in [0.15, 0.2) is 40.9 Å². The van der Waals surface area contributed by atoms with Crippen LogP contribution < -0.4 is 4.74 Å². The molecule has 0 fully saturated rings. The quantitative estimate of drug-likeness (QED) is 0.542. The Balaban J connectivity index is 1.69. The number of ether oxygens (including phenoxy) is 1. The van der Waals surface area contributed by atoms with Crippen molar-refractivity contribution in [2.75, 3.05) is 6.61 Å². The largest absolute Gasteiger partial charge is 0.493 e. The molecule has 0 aliphatic rings. The van der Waals surface area contributed by atoms with Gasteiger partial charge in [0, 0.05) is 18.6 Å². The molecule has 0 atom stereocenters. The summed E-state index contributed by atoms with van der Waals surface area (Å²) in [6.07, 6.45) is 1.57. The lowest BCUT2D eigenvalue weighted by molar-refractivity contribution is 0.296. The number of rotatable bonds is 6. The molecule has 0 unspecified atom stereocenters. The molecule has 0 radical (unpaired) electrons. The second-order valence-electron chi connectivity index (χ2n) is 6.48. The van der Waals surface area contributed by atoms with Gasteiger partial charge in [-0.1, -0.05) is 5.16 Å². The maximum Gasteiger partial charge on any atom is 0.137 e. The Morgan fingerprint density at radius 3 is 2.08 bits per heavy atom. The fourth-order valence-electron chi connectivity index (χ4n) is 3.02. The zero-order chi connectivity index (χ0) is 18.7. The molecule has 2 aromatic carbocycles. The lowest BCUT2D eigenvalue weighted by Gasteiger charge is -2.14. The molecule has 0 saturated heterocycles. The molecular weight excluding hydrogens is 336 g/mol. The van der Waals surface area contributed by atoms with E-state index in [9.17, 15) is 8.78 Å². The summed E-state index contributed by atoms with van der Waals surface area (Å²) >= 11 is 0. The first-order chi connectivity index (χ1) is 12.4. The van der Waals surface area contributed by atoms with Crippen LogP contribution in [0.3, 0.4) is 0 Å². The van der Waals surface area contributed by atoms with Gasteiger partial charge in [-0.2, -0.15) is 0 Å². The van der Waals surface area contributed by atoms with Gasteiger partial charge in [0.05, 0.1) is 12.3 Å². The van der Waals surface area contributed by atoms with Crippen molar-refractivity contribution < 1.29 is 18.0 Å². The number of aryl methyl sites for hydroxylation is 4. The zero-order valence-corrected chi connectivity index (χ0v) is 15.1. The maximum atomic E-state index is 13.5. The topological polar surface area (TPSA) is 35.3 Å². The summed E-state index contributed by atoms with van der Waals surface area (Å²) in [4.78, 5) is 0. The summed E-state index contributed by atoms with van der Waals surface area (Å²) in [5.74, 6) is 0.485.